The van der Waals surface area contributed by atoms with Gasteiger partial charge >= 0.3 is 0 Å². The molecule has 8 heteroatoms. The van der Waals surface area contributed by atoms with E-state index in [-0.39, 0.29) is 12.2 Å². The number of ether oxygens (including phenoxy) is 4. The maximum atomic E-state index is 6.65. The first-order chi connectivity index (χ1) is 16.6. The van der Waals surface area contributed by atoms with E-state index in [1.807, 2.05) is 19.1 Å². The van der Waals surface area contributed by atoms with Gasteiger partial charge in [-0.25, -0.2) is 9.50 Å². The van der Waals surface area contributed by atoms with Crippen molar-refractivity contribution in [2.24, 2.45) is 0 Å². The number of allylic oxidation sites excluding steroid dienone is 3. The Hall–Kier alpha value is -2.52. The number of anilines is 1. The van der Waals surface area contributed by atoms with Crippen LogP contribution in [-0.2, 0) is 18.9 Å². The van der Waals surface area contributed by atoms with E-state index in [2.05, 4.69) is 69.9 Å². The first kappa shape index (κ1) is 27.1. The second-order valence-corrected chi connectivity index (χ2v) is 9.89. The van der Waals surface area contributed by atoms with Gasteiger partial charge in [-0.2, -0.15) is 5.10 Å². The van der Waals surface area contributed by atoms with E-state index in [1.165, 1.54) is 23.0 Å². The van der Waals surface area contributed by atoms with E-state index < -0.39 is 11.7 Å². The molecule has 192 valence electrons. The minimum Gasteiger partial charge on any atom is -0.382 e. The fraction of sp³-hybridized carbons (Fsp3) is 0.556. The van der Waals surface area contributed by atoms with Crippen molar-refractivity contribution < 1.29 is 18.9 Å². The minimum absolute atomic E-state index is 0.336. The molecule has 35 heavy (non-hydrogen) atoms. The van der Waals surface area contributed by atoms with E-state index in [1.54, 1.807) is 4.52 Å². The number of nitrogen functional groups attached to an aromatic ring is 1. The highest BCUT2D eigenvalue weighted by Gasteiger charge is 2.57. The van der Waals surface area contributed by atoms with Crippen LogP contribution in [0.5, 0.6) is 0 Å². The summed E-state index contributed by atoms with van der Waals surface area (Å²) in [5.41, 5.74) is 10.4. The number of fused-ring (bicyclic) bond motifs is 1. The van der Waals surface area contributed by atoms with Gasteiger partial charge in [0.25, 0.3) is 0 Å². The van der Waals surface area contributed by atoms with Crippen LogP contribution in [0.2, 0.25) is 0 Å². The highest BCUT2D eigenvalue weighted by molar-refractivity contribution is 5.65. The Kier molecular flexibility index (Phi) is 9.24. The van der Waals surface area contributed by atoms with Crippen molar-refractivity contribution >= 4 is 11.3 Å². The lowest BCUT2D eigenvalue weighted by molar-refractivity contribution is -0.125. The molecule has 2 N–H and O–H groups in total. The second-order valence-electron chi connectivity index (χ2n) is 9.89. The van der Waals surface area contributed by atoms with Gasteiger partial charge in [-0.3, -0.25) is 0 Å². The third-order valence-corrected chi connectivity index (χ3v) is 6.06. The second kappa shape index (κ2) is 11.9. The van der Waals surface area contributed by atoms with Crippen molar-refractivity contribution in [3.05, 3.63) is 59.1 Å². The van der Waals surface area contributed by atoms with Crippen LogP contribution in [0.25, 0.3) is 5.52 Å². The SMILES string of the molecule is CC(C)=CCOC[C@H]1O[C@@H](c2ccc3c(N)ncnn23)[C@](C)(OCC=C(C)C)[C@@H]1OCC=C(C)C. The summed E-state index contributed by atoms with van der Waals surface area (Å²) in [6.07, 6.45) is 6.46. The molecule has 1 aliphatic rings. The van der Waals surface area contributed by atoms with Crippen molar-refractivity contribution in [1.82, 2.24) is 14.6 Å². The maximum Gasteiger partial charge on any atom is 0.151 e. The minimum atomic E-state index is -0.806. The quantitative estimate of drug-likeness (QED) is 0.361. The van der Waals surface area contributed by atoms with Gasteiger partial charge in [-0.05, 0) is 60.6 Å². The topological polar surface area (TPSA) is 93.1 Å². The molecule has 2 aromatic heterocycles. The normalized spacial score (nSPS) is 23.9. The van der Waals surface area contributed by atoms with E-state index in [4.69, 9.17) is 24.7 Å². The monoisotopic (exact) mass is 484 g/mol. The average molecular weight is 485 g/mol. The standard InChI is InChI=1S/C27H40N4O4/c1-18(2)10-13-32-16-23-25(33-14-11-19(3)4)27(7,34-15-12-20(5)6)24(35-23)21-8-9-22-26(28)29-17-30-31(21)22/h8-12,17,23-25H,13-16H2,1-7H3,(H2,28,29,30)/t23-,24+,25-,27+/m1/s1. The lowest BCUT2D eigenvalue weighted by Gasteiger charge is -2.35. The zero-order valence-corrected chi connectivity index (χ0v) is 22.1. The molecule has 0 aromatic carbocycles. The summed E-state index contributed by atoms with van der Waals surface area (Å²) in [5, 5.41) is 4.44. The molecule has 3 rings (SSSR count). The maximum absolute atomic E-state index is 6.65. The Bertz CT molecular complexity index is 1080. The lowest BCUT2D eigenvalue weighted by Crippen LogP contribution is -2.48. The van der Waals surface area contributed by atoms with Crippen LogP contribution in [0, 0.1) is 0 Å². The largest absolute Gasteiger partial charge is 0.382 e. The van der Waals surface area contributed by atoms with Gasteiger partial charge in [0, 0.05) is 0 Å². The van der Waals surface area contributed by atoms with Gasteiger partial charge in [0.1, 0.15) is 35.8 Å². The molecule has 8 nitrogen and oxygen atoms in total. The van der Waals surface area contributed by atoms with Gasteiger partial charge in [0.2, 0.25) is 0 Å². The Labute approximate surface area is 208 Å². The zero-order valence-electron chi connectivity index (χ0n) is 22.1. The van der Waals surface area contributed by atoms with Crippen LogP contribution in [0.3, 0.4) is 0 Å². The van der Waals surface area contributed by atoms with Gasteiger partial charge in [-0.1, -0.05) is 34.9 Å². The molecule has 0 spiro atoms. The van der Waals surface area contributed by atoms with Gasteiger partial charge in [0.05, 0.1) is 32.1 Å². The van der Waals surface area contributed by atoms with Crippen molar-refractivity contribution in [3.63, 3.8) is 0 Å². The molecular weight excluding hydrogens is 444 g/mol. The molecule has 0 saturated carbocycles. The van der Waals surface area contributed by atoms with Crippen LogP contribution in [-0.4, -0.2) is 58.8 Å². The number of aromatic nitrogens is 3. The number of hydrogen-bond donors (Lipinski definition) is 1. The van der Waals surface area contributed by atoms with Crippen molar-refractivity contribution in [1.29, 1.82) is 0 Å². The first-order valence-corrected chi connectivity index (χ1v) is 12.1. The lowest BCUT2D eigenvalue weighted by atomic mass is 9.90. The van der Waals surface area contributed by atoms with Crippen molar-refractivity contribution in [2.75, 3.05) is 32.2 Å². The van der Waals surface area contributed by atoms with Gasteiger partial charge < -0.3 is 24.7 Å². The Balaban J connectivity index is 1.99. The number of rotatable bonds is 11. The van der Waals surface area contributed by atoms with Crippen LogP contribution >= 0.6 is 0 Å². The third-order valence-electron chi connectivity index (χ3n) is 6.06. The van der Waals surface area contributed by atoms with Crippen LogP contribution < -0.4 is 5.73 Å². The number of hydrogen-bond acceptors (Lipinski definition) is 7. The third kappa shape index (κ3) is 6.58. The molecule has 0 unspecified atom stereocenters. The highest BCUT2D eigenvalue weighted by Crippen LogP contribution is 2.46. The molecule has 0 bridgehead atoms. The van der Waals surface area contributed by atoms with Crippen molar-refractivity contribution in [2.45, 2.75) is 72.4 Å². The Morgan fingerprint density at radius 2 is 1.69 bits per heavy atom. The summed E-state index contributed by atoms with van der Waals surface area (Å²) in [5.74, 6) is 0.411. The molecule has 1 aliphatic heterocycles. The highest BCUT2D eigenvalue weighted by atomic mass is 16.6. The number of nitrogens with zero attached hydrogens (tertiary/aromatic N) is 3. The smallest absolute Gasteiger partial charge is 0.151 e. The van der Waals surface area contributed by atoms with Crippen molar-refractivity contribution in [3.8, 4) is 0 Å². The van der Waals surface area contributed by atoms with Gasteiger partial charge in [-0.15, -0.1) is 0 Å². The van der Waals surface area contributed by atoms with E-state index in [9.17, 15) is 0 Å². The fourth-order valence-corrected chi connectivity index (χ4v) is 4.11. The summed E-state index contributed by atoms with van der Waals surface area (Å²) in [6.45, 7) is 16.1. The van der Waals surface area contributed by atoms with E-state index >= 15 is 0 Å². The van der Waals surface area contributed by atoms with Crippen LogP contribution in [0.1, 0.15) is 60.3 Å². The molecule has 3 heterocycles. The van der Waals surface area contributed by atoms with Crippen LogP contribution in [0.4, 0.5) is 5.82 Å². The average Bonchev–Trinajstić information content (AvgIpc) is 3.31. The van der Waals surface area contributed by atoms with E-state index in [0.29, 0.717) is 32.2 Å². The number of nitrogens with two attached hydrogens (primary N) is 1. The first-order valence-electron chi connectivity index (χ1n) is 12.1. The zero-order chi connectivity index (χ0) is 25.6. The summed E-state index contributed by atoms with van der Waals surface area (Å²) in [6, 6.07) is 3.87. The predicted octanol–water partition coefficient (Wildman–Crippen LogP) is 4.83. The Morgan fingerprint density at radius 1 is 1.03 bits per heavy atom. The summed E-state index contributed by atoms with van der Waals surface area (Å²) >= 11 is 0. The molecule has 0 aliphatic carbocycles. The van der Waals surface area contributed by atoms with Crippen LogP contribution in [0.15, 0.2) is 53.4 Å². The fourth-order valence-electron chi connectivity index (χ4n) is 4.11. The molecule has 0 amide bonds. The predicted molar refractivity (Wildman–Crippen MR) is 138 cm³/mol. The Morgan fingerprint density at radius 3 is 2.37 bits per heavy atom. The molecule has 4 atom stereocenters. The molecule has 2 aromatic rings. The summed E-state index contributed by atoms with van der Waals surface area (Å²) < 4.78 is 27.4. The summed E-state index contributed by atoms with van der Waals surface area (Å²) in [7, 11) is 0. The van der Waals surface area contributed by atoms with Gasteiger partial charge in [0.15, 0.2) is 5.82 Å². The molecule has 0 radical (unpaired) electrons. The summed E-state index contributed by atoms with van der Waals surface area (Å²) in [4.78, 5) is 4.11. The van der Waals surface area contributed by atoms with E-state index in [0.717, 1.165) is 11.2 Å². The molecule has 1 fully saturated rings. The molecule has 1 saturated heterocycles. The molecular formula is C27H40N4O4.